The number of nitrogens with one attached hydrogen (secondary N) is 1. The molecule has 2 fully saturated rings. The Kier molecular flexibility index (Phi) is 3.91. The van der Waals surface area contributed by atoms with Crippen LogP contribution in [0.4, 0.5) is 5.69 Å². The maximum atomic E-state index is 12.6. The molecule has 1 atom stereocenters. The molecule has 1 amide bonds. The molecular formula is C18H21N3O3S. The van der Waals surface area contributed by atoms with E-state index in [-0.39, 0.29) is 23.5 Å². The van der Waals surface area contributed by atoms with E-state index < -0.39 is 9.84 Å². The third-order valence-electron chi connectivity index (χ3n) is 4.94. The summed E-state index contributed by atoms with van der Waals surface area (Å²) < 4.78 is 25.4. The van der Waals surface area contributed by atoms with E-state index in [9.17, 15) is 13.2 Å². The number of amides is 1. The van der Waals surface area contributed by atoms with Gasteiger partial charge in [-0.2, -0.15) is 5.10 Å². The molecule has 25 heavy (non-hydrogen) atoms. The monoisotopic (exact) mass is 359 g/mol. The first-order valence-corrected chi connectivity index (χ1v) is 10.4. The Bertz CT molecular complexity index is 929. The van der Waals surface area contributed by atoms with Gasteiger partial charge in [-0.3, -0.25) is 9.48 Å². The number of nitrogens with zero attached hydrogens (tertiary/aromatic N) is 2. The first-order chi connectivity index (χ1) is 11.9. The Morgan fingerprint density at radius 3 is 2.64 bits per heavy atom. The first-order valence-electron chi connectivity index (χ1n) is 8.60. The fourth-order valence-corrected chi connectivity index (χ4v) is 5.06. The van der Waals surface area contributed by atoms with Crippen molar-refractivity contribution in [2.75, 3.05) is 16.8 Å². The zero-order chi connectivity index (χ0) is 17.6. The van der Waals surface area contributed by atoms with Crippen LogP contribution >= 0.6 is 0 Å². The second kappa shape index (κ2) is 5.98. The van der Waals surface area contributed by atoms with Crippen LogP contribution in [-0.4, -0.2) is 35.6 Å². The molecule has 1 aliphatic heterocycles. The largest absolute Gasteiger partial charge is 0.320 e. The number of anilines is 1. The molecule has 1 aliphatic carbocycles. The summed E-state index contributed by atoms with van der Waals surface area (Å²) in [6.45, 7) is 1.94. The van der Waals surface area contributed by atoms with Crippen LogP contribution in [0.25, 0.3) is 0 Å². The summed E-state index contributed by atoms with van der Waals surface area (Å²) >= 11 is 0. The molecule has 1 N–H and O–H groups in total. The summed E-state index contributed by atoms with van der Waals surface area (Å²) in [6, 6.07) is 9.27. The summed E-state index contributed by atoms with van der Waals surface area (Å²) in [7, 11) is -2.99. The van der Waals surface area contributed by atoms with Crippen LogP contribution in [0.3, 0.4) is 0 Å². The van der Waals surface area contributed by atoms with E-state index in [1.165, 1.54) is 0 Å². The molecule has 2 heterocycles. The summed E-state index contributed by atoms with van der Waals surface area (Å²) in [4.78, 5) is 12.6. The number of para-hydroxylation sites is 1. The minimum absolute atomic E-state index is 0.118. The number of aryl methyl sites for hydroxylation is 1. The molecule has 2 aliphatic rings. The van der Waals surface area contributed by atoms with Gasteiger partial charge in [-0.05, 0) is 43.9 Å². The van der Waals surface area contributed by atoms with Crippen LogP contribution in [0.1, 0.15) is 53.0 Å². The molecule has 1 unspecified atom stereocenters. The van der Waals surface area contributed by atoms with Gasteiger partial charge >= 0.3 is 0 Å². The Morgan fingerprint density at radius 1 is 1.24 bits per heavy atom. The van der Waals surface area contributed by atoms with Crippen molar-refractivity contribution >= 4 is 21.4 Å². The number of rotatable bonds is 4. The highest BCUT2D eigenvalue weighted by molar-refractivity contribution is 7.91. The minimum atomic E-state index is -2.99. The highest BCUT2D eigenvalue weighted by Gasteiger charge is 2.36. The van der Waals surface area contributed by atoms with E-state index in [1.54, 1.807) is 4.68 Å². The Hall–Kier alpha value is -2.15. The number of sulfone groups is 1. The van der Waals surface area contributed by atoms with Gasteiger partial charge < -0.3 is 5.32 Å². The number of aromatic nitrogens is 2. The van der Waals surface area contributed by atoms with Crippen molar-refractivity contribution in [2.45, 2.75) is 38.1 Å². The number of benzene rings is 1. The van der Waals surface area contributed by atoms with E-state index in [0.29, 0.717) is 18.0 Å². The molecule has 132 valence electrons. The van der Waals surface area contributed by atoms with Gasteiger partial charge in [0.25, 0.3) is 5.91 Å². The van der Waals surface area contributed by atoms with Crippen molar-refractivity contribution < 1.29 is 13.2 Å². The third-order valence-corrected chi connectivity index (χ3v) is 6.69. The van der Waals surface area contributed by atoms with Crippen molar-refractivity contribution in [1.29, 1.82) is 0 Å². The minimum Gasteiger partial charge on any atom is -0.320 e. The Balaban J connectivity index is 1.61. The van der Waals surface area contributed by atoms with Gasteiger partial charge in [0.1, 0.15) is 0 Å². The number of hydrogen-bond acceptors (Lipinski definition) is 4. The Labute approximate surface area is 147 Å². The first kappa shape index (κ1) is 16.3. The van der Waals surface area contributed by atoms with Gasteiger partial charge in [-0.15, -0.1) is 0 Å². The predicted octanol–water partition coefficient (Wildman–Crippen LogP) is 2.68. The summed E-state index contributed by atoms with van der Waals surface area (Å²) in [5.41, 5.74) is 3.10. The van der Waals surface area contributed by atoms with Crippen LogP contribution in [0.2, 0.25) is 0 Å². The van der Waals surface area contributed by atoms with Crippen molar-refractivity contribution in [1.82, 2.24) is 9.78 Å². The molecule has 1 aromatic heterocycles. The number of carbonyl (C=O) groups excluding carboxylic acids is 1. The van der Waals surface area contributed by atoms with E-state index in [1.807, 2.05) is 37.3 Å². The average molecular weight is 359 g/mol. The fraction of sp³-hybridized carbons (Fsp3) is 0.444. The number of hydrogen-bond donors (Lipinski definition) is 1. The van der Waals surface area contributed by atoms with Crippen molar-refractivity contribution in [2.24, 2.45) is 0 Å². The van der Waals surface area contributed by atoms with E-state index in [2.05, 4.69) is 10.4 Å². The highest BCUT2D eigenvalue weighted by atomic mass is 32.2. The van der Waals surface area contributed by atoms with Gasteiger partial charge in [-0.1, -0.05) is 18.2 Å². The molecule has 4 rings (SSSR count). The SMILES string of the molecule is Cc1ccccc1NC(=O)c1cc(C2CC2)n(C2CCS(=O)(=O)C2)n1. The fourth-order valence-electron chi connectivity index (χ4n) is 3.36. The van der Waals surface area contributed by atoms with Gasteiger partial charge in [0.2, 0.25) is 0 Å². The number of carbonyl (C=O) groups is 1. The molecule has 0 spiro atoms. The second-order valence-corrected chi connectivity index (χ2v) is 9.23. The van der Waals surface area contributed by atoms with Crippen molar-refractivity contribution in [3.05, 3.63) is 47.3 Å². The quantitative estimate of drug-likeness (QED) is 0.910. The van der Waals surface area contributed by atoms with Crippen molar-refractivity contribution in [3.8, 4) is 0 Å². The third kappa shape index (κ3) is 3.33. The zero-order valence-electron chi connectivity index (χ0n) is 14.1. The molecule has 0 bridgehead atoms. The lowest BCUT2D eigenvalue weighted by Gasteiger charge is -2.12. The lowest BCUT2D eigenvalue weighted by molar-refractivity contribution is 0.102. The van der Waals surface area contributed by atoms with Crippen LogP contribution in [-0.2, 0) is 9.84 Å². The molecule has 2 aromatic rings. The standard InChI is InChI=1S/C18H21N3O3S/c1-12-4-2-3-5-15(12)19-18(22)16-10-17(13-6-7-13)21(20-16)14-8-9-25(23,24)11-14/h2-5,10,13-14H,6-9,11H2,1H3,(H,19,22). The second-order valence-electron chi connectivity index (χ2n) is 7.00. The predicted molar refractivity (Wildman–Crippen MR) is 95.6 cm³/mol. The maximum Gasteiger partial charge on any atom is 0.276 e. The molecule has 1 saturated carbocycles. The zero-order valence-corrected chi connectivity index (χ0v) is 14.9. The van der Waals surface area contributed by atoms with E-state index >= 15 is 0 Å². The highest BCUT2D eigenvalue weighted by Crippen LogP contribution is 2.42. The van der Waals surface area contributed by atoms with Crippen LogP contribution in [0.15, 0.2) is 30.3 Å². The van der Waals surface area contributed by atoms with Gasteiger partial charge in [0.05, 0.1) is 17.5 Å². The molecule has 1 aromatic carbocycles. The molecule has 0 radical (unpaired) electrons. The normalized spacial score (nSPS) is 22.0. The molecule has 6 nitrogen and oxygen atoms in total. The lowest BCUT2D eigenvalue weighted by Crippen LogP contribution is -2.17. The van der Waals surface area contributed by atoms with Crippen LogP contribution in [0, 0.1) is 6.92 Å². The van der Waals surface area contributed by atoms with Gasteiger partial charge in [0, 0.05) is 17.3 Å². The molecular weight excluding hydrogens is 338 g/mol. The van der Waals surface area contributed by atoms with Gasteiger partial charge in [0.15, 0.2) is 15.5 Å². The average Bonchev–Trinajstić information content (AvgIpc) is 3.21. The van der Waals surface area contributed by atoms with Gasteiger partial charge in [-0.25, -0.2) is 8.42 Å². The van der Waals surface area contributed by atoms with E-state index in [4.69, 9.17) is 0 Å². The topological polar surface area (TPSA) is 81.1 Å². The summed E-state index contributed by atoms with van der Waals surface area (Å²) in [6.07, 6.45) is 2.72. The maximum absolute atomic E-state index is 12.6. The molecule has 7 heteroatoms. The summed E-state index contributed by atoms with van der Waals surface area (Å²) in [5, 5.41) is 7.39. The lowest BCUT2D eigenvalue weighted by atomic mass is 10.2. The van der Waals surface area contributed by atoms with Crippen LogP contribution in [0.5, 0.6) is 0 Å². The smallest absolute Gasteiger partial charge is 0.276 e. The Morgan fingerprint density at radius 2 is 2.00 bits per heavy atom. The van der Waals surface area contributed by atoms with Crippen LogP contribution < -0.4 is 5.32 Å². The summed E-state index contributed by atoms with van der Waals surface area (Å²) in [5.74, 6) is 0.464. The van der Waals surface area contributed by atoms with E-state index in [0.717, 1.165) is 29.8 Å². The van der Waals surface area contributed by atoms with Crippen molar-refractivity contribution in [3.63, 3.8) is 0 Å². The molecule has 1 saturated heterocycles.